The fourth-order valence-electron chi connectivity index (χ4n) is 1.02. The summed E-state index contributed by atoms with van der Waals surface area (Å²) < 4.78 is 7.25. The van der Waals surface area contributed by atoms with Crippen molar-refractivity contribution < 1.29 is 4.74 Å². The smallest absolute Gasteiger partial charge is 0.134 e. The number of rotatable bonds is 5. The highest BCUT2D eigenvalue weighted by molar-refractivity contribution is 4.90. The summed E-state index contributed by atoms with van der Waals surface area (Å²) in [5.74, 6) is 0.947. The molecule has 0 radical (unpaired) electrons. The minimum absolute atomic E-state index is 0.573. The van der Waals surface area contributed by atoms with Gasteiger partial charge in [0.2, 0.25) is 0 Å². The van der Waals surface area contributed by atoms with Gasteiger partial charge in [0.25, 0.3) is 0 Å². The second-order valence-corrected chi connectivity index (χ2v) is 2.46. The van der Waals surface area contributed by atoms with E-state index in [0.29, 0.717) is 13.2 Å². The molecule has 0 amide bonds. The van der Waals surface area contributed by atoms with Crippen LogP contribution in [0.3, 0.4) is 0 Å². The van der Waals surface area contributed by atoms with Crippen molar-refractivity contribution in [2.75, 3.05) is 13.2 Å². The maximum atomic E-state index is 5.43. The van der Waals surface area contributed by atoms with Gasteiger partial charge in [0.1, 0.15) is 12.4 Å². The highest BCUT2D eigenvalue weighted by atomic mass is 16.5. The Morgan fingerprint density at radius 2 is 2.50 bits per heavy atom. The Morgan fingerprint density at radius 3 is 3.17 bits per heavy atom. The molecule has 68 valence electrons. The molecule has 0 aliphatic heterocycles. The summed E-state index contributed by atoms with van der Waals surface area (Å²) in [5, 5.41) is 0. The zero-order valence-electron chi connectivity index (χ0n) is 7.36. The van der Waals surface area contributed by atoms with E-state index in [0.717, 1.165) is 19.0 Å². The van der Waals surface area contributed by atoms with Gasteiger partial charge >= 0.3 is 0 Å². The van der Waals surface area contributed by atoms with E-state index >= 15 is 0 Å². The highest BCUT2D eigenvalue weighted by Crippen LogP contribution is 1.98. The van der Waals surface area contributed by atoms with Gasteiger partial charge in [-0.15, -0.1) is 0 Å². The summed E-state index contributed by atoms with van der Waals surface area (Å²) in [7, 11) is 0. The van der Waals surface area contributed by atoms with Crippen molar-refractivity contribution in [2.24, 2.45) is 5.73 Å². The van der Waals surface area contributed by atoms with Crippen LogP contribution in [-0.2, 0) is 17.9 Å². The predicted octanol–water partition coefficient (Wildman–Crippen LogP) is 0.378. The lowest BCUT2D eigenvalue weighted by Gasteiger charge is -2.05. The molecule has 0 atom stereocenters. The van der Waals surface area contributed by atoms with Crippen LogP contribution >= 0.6 is 0 Å². The fraction of sp³-hybridized carbons (Fsp3) is 0.625. The third-order valence-corrected chi connectivity index (χ3v) is 1.61. The number of aromatic nitrogens is 2. The highest BCUT2D eigenvalue weighted by Gasteiger charge is 2.00. The van der Waals surface area contributed by atoms with Crippen LogP contribution in [-0.4, -0.2) is 22.7 Å². The molecular weight excluding hydrogens is 154 g/mol. The van der Waals surface area contributed by atoms with Crippen LogP contribution < -0.4 is 5.73 Å². The number of nitrogens with zero attached hydrogens (tertiary/aromatic N) is 2. The van der Waals surface area contributed by atoms with Crippen molar-refractivity contribution in [1.29, 1.82) is 0 Å². The summed E-state index contributed by atoms with van der Waals surface area (Å²) in [5.41, 5.74) is 5.43. The molecule has 2 N–H and O–H groups in total. The molecule has 0 unspecified atom stereocenters. The molecule has 0 bridgehead atoms. The average Bonchev–Trinajstić information content (AvgIpc) is 2.50. The molecule has 12 heavy (non-hydrogen) atoms. The second-order valence-electron chi connectivity index (χ2n) is 2.46. The fourth-order valence-corrected chi connectivity index (χ4v) is 1.02. The molecule has 0 fully saturated rings. The minimum Gasteiger partial charge on any atom is -0.374 e. The Balaban J connectivity index is 2.51. The van der Waals surface area contributed by atoms with Crippen molar-refractivity contribution in [1.82, 2.24) is 9.55 Å². The SMILES string of the molecule is CCOCc1nccn1CCN. The van der Waals surface area contributed by atoms with Gasteiger partial charge in [-0.05, 0) is 6.92 Å². The summed E-state index contributed by atoms with van der Waals surface area (Å²) in [6.07, 6.45) is 3.69. The van der Waals surface area contributed by atoms with E-state index in [-0.39, 0.29) is 0 Å². The molecule has 0 saturated carbocycles. The van der Waals surface area contributed by atoms with Crippen molar-refractivity contribution in [2.45, 2.75) is 20.1 Å². The van der Waals surface area contributed by atoms with Crippen LogP contribution in [0.2, 0.25) is 0 Å². The van der Waals surface area contributed by atoms with Crippen LogP contribution in [0.1, 0.15) is 12.7 Å². The minimum atomic E-state index is 0.573. The molecule has 0 spiro atoms. The predicted molar refractivity (Wildman–Crippen MR) is 46.6 cm³/mol. The van der Waals surface area contributed by atoms with Crippen molar-refractivity contribution in [3.05, 3.63) is 18.2 Å². The molecule has 1 aromatic rings. The van der Waals surface area contributed by atoms with Crippen molar-refractivity contribution in [3.63, 3.8) is 0 Å². The quantitative estimate of drug-likeness (QED) is 0.693. The Morgan fingerprint density at radius 1 is 1.67 bits per heavy atom. The monoisotopic (exact) mass is 169 g/mol. The van der Waals surface area contributed by atoms with E-state index in [2.05, 4.69) is 4.98 Å². The molecule has 1 aromatic heterocycles. The number of hydrogen-bond donors (Lipinski definition) is 1. The Hall–Kier alpha value is -0.870. The first-order valence-electron chi connectivity index (χ1n) is 4.16. The number of hydrogen-bond acceptors (Lipinski definition) is 3. The first kappa shape index (κ1) is 9.22. The lowest BCUT2D eigenvalue weighted by atomic mass is 10.5. The topological polar surface area (TPSA) is 53.1 Å². The first-order valence-corrected chi connectivity index (χ1v) is 4.16. The zero-order valence-corrected chi connectivity index (χ0v) is 7.36. The number of ether oxygens (including phenoxy) is 1. The van der Waals surface area contributed by atoms with E-state index in [1.54, 1.807) is 6.20 Å². The van der Waals surface area contributed by atoms with E-state index in [1.807, 2.05) is 17.7 Å². The molecule has 1 heterocycles. The van der Waals surface area contributed by atoms with Crippen LogP contribution in [0, 0.1) is 0 Å². The number of imidazole rings is 1. The third-order valence-electron chi connectivity index (χ3n) is 1.61. The number of nitrogens with two attached hydrogens (primary N) is 1. The van der Waals surface area contributed by atoms with Gasteiger partial charge in [-0.1, -0.05) is 0 Å². The normalized spacial score (nSPS) is 10.5. The second kappa shape index (κ2) is 4.90. The lowest BCUT2D eigenvalue weighted by molar-refractivity contribution is 0.125. The van der Waals surface area contributed by atoms with Crippen molar-refractivity contribution in [3.8, 4) is 0 Å². The maximum absolute atomic E-state index is 5.43. The van der Waals surface area contributed by atoms with E-state index in [9.17, 15) is 0 Å². The summed E-state index contributed by atoms with van der Waals surface area (Å²) in [6, 6.07) is 0. The van der Waals surface area contributed by atoms with Crippen LogP contribution in [0.5, 0.6) is 0 Å². The average molecular weight is 169 g/mol. The molecule has 1 rings (SSSR count). The van der Waals surface area contributed by atoms with E-state index in [4.69, 9.17) is 10.5 Å². The van der Waals surface area contributed by atoms with Gasteiger partial charge in [0.05, 0.1) is 0 Å². The Bertz CT molecular complexity index is 222. The van der Waals surface area contributed by atoms with Crippen LogP contribution in [0.15, 0.2) is 12.4 Å². The zero-order chi connectivity index (χ0) is 8.81. The van der Waals surface area contributed by atoms with Crippen LogP contribution in [0.25, 0.3) is 0 Å². The molecule has 0 aromatic carbocycles. The summed E-state index contributed by atoms with van der Waals surface area (Å²) >= 11 is 0. The lowest BCUT2D eigenvalue weighted by Crippen LogP contribution is -2.12. The molecular formula is C8H15N3O. The molecule has 4 nitrogen and oxygen atoms in total. The van der Waals surface area contributed by atoms with Crippen molar-refractivity contribution >= 4 is 0 Å². The van der Waals surface area contributed by atoms with Gasteiger partial charge in [0.15, 0.2) is 0 Å². The summed E-state index contributed by atoms with van der Waals surface area (Å²) in [4.78, 5) is 4.15. The van der Waals surface area contributed by atoms with Gasteiger partial charge < -0.3 is 15.0 Å². The van der Waals surface area contributed by atoms with E-state index < -0.39 is 0 Å². The molecule has 0 aliphatic carbocycles. The van der Waals surface area contributed by atoms with Gasteiger partial charge in [-0.25, -0.2) is 4.98 Å². The third kappa shape index (κ3) is 2.32. The molecule has 0 aliphatic rings. The summed E-state index contributed by atoms with van der Waals surface area (Å²) in [6.45, 7) is 4.70. The largest absolute Gasteiger partial charge is 0.374 e. The standard InChI is InChI=1S/C8H15N3O/c1-2-12-7-8-10-4-6-11(8)5-3-9/h4,6H,2-3,5,7,9H2,1H3. The Kier molecular flexibility index (Phi) is 3.76. The maximum Gasteiger partial charge on any atom is 0.134 e. The van der Waals surface area contributed by atoms with Crippen LogP contribution in [0.4, 0.5) is 0 Å². The van der Waals surface area contributed by atoms with Gasteiger partial charge in [0, 0.05) is 32.1 Å². The molecule has 0 saturated heterocycles. The van der Waals surface area contributed by atoms with E-state index in [1.165, 1.54) is 0 Å². The Labute approximate surface area is 72.3 Å². The van der Waals surface area contributed by atoms with Gasteiger partial charge in [-0.3, -0.25) is 0 Å². The molecule has 4 heteroatoms. The first-order chi connectivity index (χ1) is 5.88. The van der Waals surface area contributed by atoms with Gasteiger partial charge in [-0.2, -0.15) is 0 Å².